The number of aryl methyl sites for hydroxylation is 2. The van der Waals surface area contributed by atoms with E-state index >= 15 is 0 Å². The van der Waals surface area contributed by atoms with E-state index in [2.05, 4.69) is 39.0 Å². The minimum atomic E-state index is 0.0657. The predicted molar refractivity (Wildman–Crippen MR) is 120 cm³/mol. The monoisotopic (exact) mass is 426 g/mol. The molecule has 0 saturated heterocycles. The fraction of sp³-hybridized carbons (Fsp3) is 0.455. The SMILES string of the molecule is CSc1nnc(CCCNC(=O)CCc2cnn(-c3ccccc3)c2)n1CC(C)C. The summed E-state index contributed by atoms with van der Waals surface area (Å²) in [7, 11) is 0. The van der Waals surface area contributed by atoms with Gasteiger partial charge in [-0.15, -0.1) is 10.2 Å². The topological polar surface area (TPSA) is 77.6 Å². The summed E-state index contributed by atoms with van der Waals surface area (Å²) in [5, 5.41) is 16.9. The Bertz CT molecular complexity index is 934. The fourth-order valence-corrected chi connectivity index (χ4v) is 3.76. The maximum Gasteiger partial charge on any atom is 0.220 e. The van der Waals surface area contributed by atoms with Crippen LogP contribution in [0, 0.1) is 5.92 Å². The van der Waals surface area contributed by atoms with Crippen LogP contribution in [0.1, 0.15) is 38.1 Å². The first-order valence-electron chi connectivity index (χ1n) is 10.4. The van der Waals surface area contributed by atoms with E-state index < -0.39 is 0 Å². The Morgan fingerprint density at radius 1 is 1.17 bits per heavy atom. The number of nitrogens with one attached hydrogen (secondary N) is 1. The molecular formula is C22H30N6OS. The van der Waals surface area contributed by atoms with Crippen molar-refractivity contribution in [1.82, 2.24) is 29.9 Å². The van der Waals surface area contributed by atoms with Crippen molar-refractivity contribution in [2.75, 3.05) is 12.8 Å². The number of thioether (sulfide) groups is 1. The van der Waals surface area contributed by atoms with Crippen LogP contribution < -0.4 is 5.32 Å². The quantitative estimate of drug-likeness (QED) is 0.375. The average Bonchev–Trinajstić information content (AvgIpc) is 3.37. The standard InChI is InChI=1S/C22H30N6OS/c1-17(2)15-27-20(25-26-22(27)30-3)10-7-13-23-21(29)12-11-18-14-24-28(16-18)19-8-5-4-6-9-19/h4-6,8-9,14,16-17H,7,10-13,15H2,1-3H3,(H,23,29). The van der Waals surface area contributed by atoms with E-state index in [1.165, 1.54) is 0 Å². The fourth-order valence-electron chi connectivity index (χ4n) is 3.24. The third-order valence-electron chi connectivity index (χ3n) is 4.72. The van der Waals surface area contributed by atoms with Crippen LogP contribution in [0.3, 0.4) is 0 Å². The molecule has 0 aliphatic carbocycles. The molecule has 0 spiro atoms. The van der Waals surface area contributed by atoms with Crippen LogP contribution in [0.4, 0.5) is 0 Å². The van der Waals surface area contributed by atoms with Gasteiger partial charge in [-0.05, 0) is 42.7 Å². The van der Waals surface area contributed by atoms with E-state index in [0.717, 1.165) is 41.6 Å². The van der Waals surface area contributed by atoms with E-state index in [0.29, 0.717) is 25.3 Å². The van der Waals surface area contributed by atoms with E-state index in [9.17, 15) is 4.79 Å². The molecule has 0 aliphatic rings. The normalized spacial score (nSPS) is 11.2. The number of hydrogen-bond donors (Lipinski definition) is 1. The van der Waals surface area contributed by atoms with Crippen molar-refractivity contribution >= 4 is 17.7 Å². The number of hydrogen-bond acceptors (Lipinski definition) is 5. The Labute approximate surface area is 182 Å². The van der Waals surface area contributed by atoms with E-state index in [1.54, 1.807) is 11.8 Å². The highest BCUT2D eigenvalue weighted by atomic mass is 32.2. The maximum absolute atomic E-state index is 12.2. The van der Waals surface area contributed by atoms with Gasteiger partial charge in [-0.25, -0.2) is 4.68 Å². The van der Waals surface area contributed by atoms with Crippen molar-refractivity contribution in [1.29, 1.82) is 0 Å². The van der Waals surface area contributed by atoms with Crippen LogP contribution in [-0.4, -0.2) is 43.3 Å². The first-order chi connectivity index (χ1) is 14.6. The highest BCUT2D eigenvalue weighted by molar-refractivity contribution is 7.98. The van der Waals surface area contributed by atoms with Gasteiger partial charge in [0.2, 0.25) is 5.91 Å². The predicted octanol–water partition coefficient (Wildman–Crippen LogP) is 3.52. The van der Waals surface area contributed by atoms with Gasteiger partial charge in [-0.1, -0.05) is 43.8 Å². The summed E-state index contributed by atoms with van der Waals surface area (Å²) in [6.45, 7) is 5.95. The van der Waals surface area contributed by atoms with Gasteiger partial charge in [0.25, 0.3) is 0 Å². The van der Waals surface area contributed by atoms with Crippen molar-refractivity contribution in [3.63, 3.8) is 0 Å². The molecule has 2 heterocycles. The molecule has 160 valence electrons. The maximum atomic E-state index is 12.2. The summed E-state index contributed by atoms with van der Waals surface area (Å²) >= 11 is 1.62. The Morgan fingerprint density at radius 3 is 2.70 bits per heavy atom. The van der Waals surface area contributed by atoms with Crippen LogP contribution in [0.25, 0.3) is 5.69 Å². The third kappa shape index (κ3) is 6.19. The van der Waals surface area contributed by atoms with Crippen LogP contribution in [0.5, 0.6) is 0 Å². The summed E-state index contributed by atoms with van der Waals surface area (Å²) in [6.07, 6.45) is 8.62. The number of aromatic nitrogens is 5. The molecule has 1 N–H and O–H groups in total. The first kappa shape index (κ1) is 22.1. The largest absolute Gasteiger partial charge is 0.356 e. The Balaban J connectivity index is 1.40. The van der Waals surface area contributed by atoms with Gasteiger partial charge < -0.3 is 9.88 Å². The zero-order valence-electron chi connectivity index (χ0n) is 17.9. The number of para-hydroxylation sites is 1. The molecule has 0 aliphatic heterocycles. The molecule has 7 nitrogen and oxygen atoms in total. The highest BCUT2D eigenvalue weighted by Gasteiger charge is 2.12. The van der Waals surface area contributed by atoms with Gasteiger partial charge in [0.1, 0.15) is 5.82 Å². The molecular weight excluding hydrogens is 396 g/mol. The van der Waals surface area contributed by atoms with Crippen molar-refractivity contribution in [3.05, 3.63) is 54.1 Å². The van der Waals surface area contributed by atoms with Gasteiger partial charge in [0.15, 0.2) is 5.16 Å². The van der Waals surface area contributed by atoms with Crippen LogP contribution >= 0.6 is 11.8 Å². The number of rotatable bonds is 11. The zero-order valence-corrected chi connectivity index (χ0v) is 18.7. The molecule has 2 aromatic heterocycles. The number of nitrogens with zero attached hydrogens (tertiary/aromatic N) is 5. The number of carbonyl (C=O) groups excluding carboxylic acids is 1. The minimum absolute atomic E-state index is 0.0657. The average molecular weight is 427 g/mol. The van der Waals surface area contributed by atoms with Crippen molar-refractivity contribution < 1.29 is 4.79 Å². The molecule has 0 bridgehead atoms. The molecule has 3 rings (SSSR count). The van der Waals surface area contributed by atoms with Gasteiger partial charge >= 0.3 is 0 Å². The molecule has 0 saturated carbocycles. The summed E-state index contributed by atoms with van der Waals surface area (Å²) in [6, 6.07) is 9.96. The smallest absolute Gasteiger partial charge is 0.220 e. The second kappa shape index (κ2) is 11.0. The van der Waals surface area contributed by atoms with Crippen molar-refractivity contribution in [3.8, 4) is 5.69 Å². The van der Waals surface area contributed by atoms with Gasteiger partial charge in [0, 0.05) is 32.1 Å². The second-order valence-electron chi connectivity index (χ2n) is 7.69. The summed E-state index contributed by atoms with van der Waals surface area (Å²) in [4.78, 5) is 12.2. The number of amides is 1. The molecule has 1 amide bonds. The van der Waals surface area contributed by atoms with E-state index in [1.807, 2.05) is 53.7 Å². The third-order valence-corrected chi connectivity index (χ3v) is 5.39. The highest BCUT2D eigenvalue weighted by Crippen LogP contribution is 2.16. The molecule has 8 heteroatoms. The lowest BCUT2D eigenvalue weighted by molar-refractivity contribution is -0.121. The van der Waals surface area contributed by atoms with E-state index in [-0.39, 0.29) is 5.91 Å². The first-order valence-corrected chi connectivity index (χ1v) is 11.6. The van der Waals surface area contributed by atoms with Crippen molar-refractivity contribution in [2.24, 2.45) is 5.92 Å². The summed E-state index contributed by atoms with van der Waals surface area (Å²) < 4.78 is 4.03. The van der Waals surface area contributed by atoms with Crippen LogP contribution in [0.2, 0.25) is 0 Å². The Morgan fingerprint density at radius 2 is 1.97 bits per heavy atom. The molecule has 0 fully saturated rings. The molecule has 0 unspecified atom stereocenters. The van der Waals surface area contributed by atoms with Gasteiger partial charge in [0.05, 0.1) is 11.9 Å². The van der Waals surface area contributed by atoms with Crippen LogP contribution in [-0.2, 0) is 24.2 Å². The lowest BCUT2D eigenvalue weighted by Crippen LogP contribution is -2.25. The van der Waals surface area contributed by atoms with Gasteiger partial charge in [-0.3, -0.25) is 4.79 Å². The Hall–Kier alpha value is -2.61. The van der Waals surface area contributed by atoms with Gasteiger partial charge in [-0.2, -0.15) is 5.10 Å². The number of benzene rings is 1. The second-order valence-corrected chi connectivity index (χ2v) is 8.46. The minimum Gasteiger partial charge on any atom is -0.356 e. The molecule has 3 aromatic rings. The lowest BCUT2D eigenvalue weighted by atomic mass is 10.2. The Kier molecular flexibility index (Phi) is 8.07. The molecule has 0 atom stereocenters. The van der Waals surface area contributed by atoms with E-state index in [4.69, 9.17) is 0 Å². The lowest BCUT2D eigenvalue weighted by Gasteiger charge is -2.11. The molecule has 0 radical (unpaired) electrons. The summed E-state index contributed by atoms with van der Waals surface area (Å²) in [5.74, 6) is 1.60. The molecule has 30 heavy (non-hydrogen) atoms. The zero-order chi connectivity index (χ0) is 21.3. The molecule has 1 aromatic carbocycles. The van der Waals surface area contributed by atoms with Crippen molar-refractivity contribution in [2.45, 2.75) is 51.2 Å². The number of carbonyl (C=O) groups is 1. The summed E-state index contributed by atoms with van der Waals surface area (Å²) in [5.41, 5.74) is 2.07. The van der Waals surface area contributed by atoms with Crippen LogP contribution in [0.15, 0.2) is 47.9 Å².